The minimum Gasteiger partial charge on any atom is -0.411 e. The molecule has 0 saturated carbocycles. The monoisotopic (exact) mass is 163 g/mol. The van der Waals surface area contributed by atoms with E-state index in [2.05, 4.69) is 5.16 Å². The van der Waals surface area contributed by atoms with Crippen molar-refractivity contribution in [3.63, 3.8) is 0 Å². The Morgan fingerprint density at radius 3 is 2.50 bits per heavy atom. The normalized spacial score (nSPS) is 10.4. The molecule has 0 spiro atoms. The molecule has 0 heterocycles. The van der Waals surface area contributed by atoms with Crippen molar-refractivity contribution >= 4 is 12.0 Å². The van der Waals surface area contributed by atoms with Gasteiger partial charge in [0.1, 0.15) is 6.21 Å². The molecule has 1 rings (SSSR count). The molecule has 0 aliphatic heterocycles. The summed E-state index contributed by atoms with van der Waals surface area (Å²) in [5, 5.41) is 10.8. The van der Waals surface area contributed by atoms with Gasteiger partial charge in [-0.15, -0.1) is 0 Å². The Labute approximate surface area is 70.3 Å². The zero-order valence-electron chi connectivity index (χ0n) is 6.69. The standard InChI is InChI=1S/C9H9NO2/c1-7-2-4-8(5-3-7)9(11)6-10-12/h2-6,12H,1H3. The largest absolute Gasteiger partial charge is 0.411 e. The smallest absolute Gasteiger partial charge is 0.207 e. The third kappa shape index (κ3) is 1.92. The van der Waals surface area contributed by atoms with Crippen LogP contribution in [-0.4, -0.2) is 17.2 Å². The van der Waals surface area contributed by atoms with Crippen LogP contribution in [0.3, 0.4) is 0 Å². The molecule has 0 saturated heterocycles. The van der Waals surface area contributed by atoms with Gasteiger partial charge in [0.25, 0.3) is 0 Å². The summed E-state index contributed by atoms with van der Waals surface area (Å²) in [6, 6.07) is 7.05. The van der Waals surface area contributed by atoms with E-state index in [1.807, 2.05) is 19.1 Å². The van der Waals surface area contributed by atoms with E-state index in [-0.39, 0.29) is 5.78 Å². The van der Waals surface area contributed by atoms with Crippen molar-refractivity contribution in [3.8, 4) is 0 Å². The molecule has 1 N–H and O–H groups in total. The molecule has 0 aliphatic carbocycles. The van der Waals surface area contributed by atoms with Gasteiger partial charge < -0.3 is 5.21 Å². The van der Waals surface area contributed by atoms with Crippen LogP contribution in [0, 0.1) is 6.92 Å². The molecule has 1 aromatic carbocycles. The van der Waals surface area contributed by atoms with Gasteiger partial charge in [-0.3, -0.25) is 4.79 Å². The molecule has 0 bridgehead atoms. The first-order valence-corrected chi connectivity index (χ1v) is 3.52. The second kappa shape index (κ2) is 3.67. The molecule has 1 aromatic rings. The fourth-order valence-electron chi connectivity index (χ4n) is 0.845. The van der Waals surface area contributed by atoms with Crippen LogP contribution >= 0.6 is 0 Å². The van der Waals surface area contributed by atoms with E-state index in [0.29, 0.717) is 5.56 Å². The first kappa shape index (κ1) is 8.46. The fraction of sp³-hybridized carbons (Fsp3) is 0.111. The summed E-state index contributed by atoms with van der Waals surface area (Å²) in [5.41, 5.74) is 1.62. The van der Waals surface area contributed by atoms with E-state index in [1.165, 1.54) is 0 Å². The average molecular weight is 163 g/mol. The van der Waals surface area contributed by atoms with Gasteiger partial charge >= 0.3 is 0 Å². The zero-order valence-corrected chi connectivity index (χ0v) is 6.69. The number of ketones is 1. The number of benzene rings is 1. The third-order valence-corrected chi connectivity index (χ3v) is 1.51. The quantitative estimate of drug-likeness (QED) is 0.312. The molecule has 3 nitrogen and oxygen atoms in total. The average Bonchev–Trinajstić information content (AvgIpc) is 2.06. The number of hydrogen-bond acceptors (Lipinski definition) is 3. The van der Waals surface area contributed by atoms with Gasteiger partial charge in [-0.05, 0) is 6.92 Å². The second-order valence-corrected chi connectivity index (χ2v) is 2.47. The van der Waals surface area contributed by atoms with E-state index in [1.54, 1.807) is 12.1 Å². The number of oxime groups is 1. The molecule has 0 amide bonds. The second-order valence-electron chi connectivity index (χ2n) is 2.47. The number of carbonyl (C=O) groups excluding carboxylic acids is 1. The van der Waals surface area contributed by atoms with Gasteiger partial charge in [-0.1, -0.05) is 35.0 Å². The minimum absolute atomic E-state index is 0.294. The SMILES string of the molecule is Cc1ccc(C(=O)C=NO)cc1. The number of rotatable bonds is 2. The van der Waals surface area contributed by atoms with Crippen LogP contribution in [0.5, 0.6) is 0 Å². The van der Waals surface area contributed by atoms with Crippen LogP contribution in [0.4, 0.5) is 0 Å². The molecular formula is C9H9NO2. The molecule has 0 aliphatic rings. The van der Waals surface area contributed by atoms with Crippen LogP contribution in [0.2, 0.25) is 0 Å². The predicted octanol–water partition coefficient (Wildman–Crippen LogP) is 1.64. The van der Waals surface area contributed by atoms with Gasteiger partial charge in [-0.25, -0.2) is 0 Å². The van der Waals surface area contributed by atoms with Crippen molar-refractivity contribution in [2.75, 3.05) is 0 Å². The summed E-state index contributed by atoms with van der Waals surface area (Å²) in [4.78, 5) is 11.0. The Bertz CT molecular complexity index is 301. The molecule has 3 heteroatoms. The highest BCUT2D eigenvalue weighted by atomic mass is 16.4. The molecular weight excluding hydrogens is 154 g/mol. The van der Waals surface area contributed by atoms with Crippen LogP contribution in [-0.2, 0) is 0 Å². The first-order chi connectivity index (χ1) is 5.74. The Balaban J connectivity index is 2.90. The van der Waals surface area contributed by atoms with Gasteiger partial charge in [0.05, 0.1) is 0 Å². The predicted molar refractivity (Wildman–Crippen MR) is 45.8 cm³/mol. The Morgan fingerprint density at radius 1 is 1.42 bits per heavy atom. The topological polar surface area (TPSA) is 49.7 Å². The maximum atomic E-state index is 11.0. The Kier molecular flexibility index (Phi) is 2.58. The van der Waals surface area contributed by atoms with Gasteiger partial charge in [-0.2, -0.15) is 0 Å². The van der Waals surface area contributed by atoms with Gasteiger partial charge in [0.15, 0.2) is 0 Å². The maximum absolute atomic E-state index is 11.0. The summed E-state index contributed by atoms with van der Waals surface area (Å²) >= 11 is 0. The summed E-state index contributed by atoms with van der Waals surface area (Å²) in [5.74, 6) is -0.294. The molecule has 62 valence electrons. The number of Topliss-reactive ketones (excluding diaryl/α,β-unsaturated/α-hetero) is 1. The first-order valence-electron chi connectivity index (χ1n) is 3.52. The molecule has 0 aromatic heterocycles. The van der Waals surface area contributed by atoms with Crippen molar-refractivity contribution in [3.05, 3.63) is 35.4 Å². The van der Waals surface area contributed by atoms with Crippen molar-refractivity contribution in [1.82, 2.24) is 0 Å². The highest BCUT2D eigenvalue weighted by Gasteiger charge is 2.00. The number of carbonyl (C=O) groups is 1. The maximum Gasteiger partial charge on any atom is 0.207 e. The molecule has 0 radical (unpaired) electrons. The lowest BCUT2D eigenvalue weighted by Gasteiger charge is -1.94. The van der Waals surface area contributed by atoms with Crippen LogP contribution in [0.1, 0.15) is 15.9 Å². The van der Waals surface area contributed by atoms with E-state index in [9.17, 15) is 4.79 Å². The minimum atomic E-state index is -0.294. The van der Waals surface area contributed by atoms with Crippen molar-refractivity contribution in [1.29, 1.82) is 0 Å². The van der Waals surface area contributed by atoms with Crippen LogP contribution < -0.4 is 0 Å². The summed E-state index contributed by atoms with van der Waals surface area (Å²) in [7, 11) is 0. The third-order valence-electron chi connectivity index (χ3n) is 1.51. The molecule has 0 atom stereocenters. The Morgan fingerprint density at radius 2 is 2.00 bits per heavy atom. The van der Waals surface area contributed by atoms with E-state index >= 15 is 0 Å². The van der Waals surface area contributed by atoms with Gasteiger partial charge in [0, 0.05) is 5.56 Å². The van der Waals surface area contributed by atoms with Crippen molar-refractivity contribution in [2.45, 2.75) is 6.92 Å². The van der Waals surface area contributed by atoms with Crippen molar-refractivity contribution in [2.24, 2.45) is 5.16 Å². The molecule has 0 unspecified atom stereocenters. The molecule has 0 fully saturated rings. The fourth-order valence-corrected chi connectivity index (χ4v) is 0.845. The summed E-state index contributed by atoms with van der Waals surface area (Å²) in [6.45, 7) is 1.94. The summed E-state index contributed by atoms with van der Waals surface area (Å²) in [6.07, 6.45) is 0.880. The zero-order chi connectivity index (χ0) is 8.97. The lowest BCUT2D eigenvalue weighted by molar-refractivity contribution is 0.106. The van der Waals surface area contributed by atoms with E-state index in [4.69, 9.17) is 5.21 Å². The van der Waals surface area contributed by atoms with Gasteiger partial charge in [0.2, 0.25) is 5.78 Å². The van der Waals surface area contributed by atoms with E-state index in [0.717, 1.165) is 11.8 Å². The number of aryl methyl sites for hydroxylation is 1. The van der Waals surface area contributed by atoms with Crippen molar-refractivity contribution < 1.29 is 10.0 Å². The van der Waals surface area contributed by atoms with E-state index < -0.39 is 0 Å². The molecule has 12 heavy (non-hydrogen) atoms. The van der Waals surface area contributed by atoms with Crippen LogP contribution in [0.15, 0.2) is 29.4 Å². The van der Waals surface area contributed by atoms with Crippen LogP contribution in [0.25, 0.3) is 0 Å². The lowest BCUT2D eigenvalue weighted by Crippen LogP contribution is -1.99. The highest BCUT2D eigenvalue weighted by molar-refractivity contribution is 6.35. The number of nitrogens with zero attached hydrogens (tertiary/aromatic N) is 1. The number of hydrogen-bond donors (Lipinski definition) is 1. The lowest BCUT2D eigenvalue weighted by atomic mass is 10.1. The highest BCUT2D eigenvalue weighted by Crippen LogP contribution is 2.02. The summed E-state index contributed by atoms with van der Waals surface area (Å²) < 4.78 is 0. The Hall–Kier alpha value is -1.64.